The lowest BCUT2D eigenvalue weighted by Crippen LogP contribution is -2.33. The van der Waals surface area contributed by atoms with Crippen LogP contribution in [0.3, 0.4) is 0 Å². The minimum atomic E-state index is -0.336. The van der Waals surface area contributed by atoms with Gasteiger partial charge in [0.05, 0.1) is 23.4 Å². The van der Waals surface area contributed by atoms with Crippen molar-refractivity contribution in [3.05, 3.63) is 67.4 Å². The van der Waals surface area contributed by atoms with E-state index in [0.29, 0.717) is 10.8 Å². The molecule has 0 bridgehead atoms. The van der Waals surface area contributed by atoms with E-state index in [-0.39, 0.29) is 36.0 Å². The predicted molar refractivity (Wildman–Crippen MR) is 94.3 cm³/mol. The van der Waals surface area contributed by atoms with Crippen LogP contribution in [0.1, 0.15) is 24.3 Å². The van der Waals surface area contributed by atoms with Gasteiger partial charge in [0.15, 0.2) is 0 Å². The molecule has 3 rings (SSSR count). The van der Waals surface area contributed by atoms with E-state index in [0.717, 1.165) is 4.88 Å². The molecule has 7 heteroatoms. The highest BCUT2D eigenvalue weighted by Gasteiger charge is 2.12. The summed E-state index contributed by atoms with van der Waals surface area (Å²) >= 11 is 1.58. The number of benzene rings is 1. The van der Waals surface area contributed by atoms with Crippen LogP contribution < -0.4 is 16.4 Å². The fraction of sp³-hybridized carbons (Fsp3) is 0.235. The number of H-pyrrole nitrogens is 1. The van der Waals surface area contributed by atoms with Crippen LogP contribution in [0.5, 0.6) is 0 Å². The van der Waals surface area contributed by atoms with E-state index in [1.165, 1.54) is 4.68 Å². The number of aromatic amines is 1. The number of thiophene rings is 1. The average Bonchev–Trinajstić information content (AvgIpc) is 3.11. The van der Waals surface area contributed by atoms with Gasteiger partial charge in [-0.05, 0) is 30.5 Å². The molecule has 3 aromatic rings. The van der Waals surface area contributed by atoms with Crippen molar-refractivity contribution in [1.29, 1.82) is 0 Å². The molecule has 0 spiro atoms. The van der Waals surface area contributed by atoms with Gasteiger partial charge >= 0.3 is 0 Å². The number of nitrogens with zero attached hydrogens (tertiary/aromatic N) is 1. The summed E-state index contributed by atoms with van der Waals surface area (Å²) in [6, 6.07) is 10.5. The average molecular weight is 343 g/mol. The Morgan fingerprint density at radius 2 is 1.96 bits per heavy atom. The number of carbonyl (C=O) groups excluding carboxylic acids is 1. The van der Waals surface area contributed by atoms with Crippen LogP contribution in [0.4, 0.5) is 0 Å². The molecule has 2 aromatic heterocycles. The second-order valence-corrected chi connectivity index (χ2v) is 6.48. The predicted octanol–water partition coefficient (Wildman–Crippen LogP) is 2.02. The Morgan fingerprint density at radius 1 is 1.21 bits per heavy atom. The molecule has 0 fully saturated rings. The van der Waals surface area contributed by atoms with Crippen LogP contribution in [0.15, 0.2) is 51.4 Å². The summed E-state index contributed by atoms with van der Waals surface area (Å²) in [7, 11) is 0. The third kappa shape index (κ3) is 3.30. The number of aromatic nitrogens is 2. The molecule has 1 atom stereocenters. The third-order valence-electron chi connectivity index (χ3n) is 3.79. The number of carbonyl (C=O) groups is 1. The van der Waals surface area contributed by atoms with Gasteiger partial charge in [-0.3, -0.25) is 19.5 Å². The van der Waals surface area contributed by atoms with Crippen molar-refractivity contribution in [2.45, 2.75) is 25.9 Å². The van der Waals surface area contributed by atoms with E-state index in [9.17, 15) is 14.4 Å². The van der Waals surface area contributed by atoms with Crippen molar-refractivity contribution in [2.75, 3.05) is 0 Å². The number of rotatable bonds is 5. The molecule has 1 amide bonds. The summed E-state index contributed by atoms with van der Waals surface area (Å²) < 4.78 is 1.19. The summed E-state index contributed by atoms with van der Waals surface area (Å²) in [6.45, 7) is 2.04. The Kier molecular flexibility index (Phi) is 4.61. The second kappa shape index (κ2) is 6.84. The molecule has 0 aliphatic carbocycles. The van der Waals surface area contributed by atoms with Crippen molar-refractivity contribution in [1.82, 2.24) is 15.1 Å². The Balaban J connectivity index is 1.72. The van der Waals surface area contributed by atoms with Crippen LogP contribution in [0.2, 0.25) is 0 Å². The van der Waals surface area contributed by atoms with Gasteiger partial charge in [-0.2, -0.15) is 0 Å². The maximum atomic E-state index is 12.4. The molecule has 0 saturated heterocycles. The summed E-state index contributed by atoms with van der Waals surface area (Å²) in [5.41, 5.74) is -0.637. The highest BCUT2D eigenvalue weighted by Crippen LogP contribution is 2.18. The lowest BCUT2D eigenvalue weighted by atomic mass is 10.2. The van der Waals surface area contributed by atoms with Crippen LogP contribution in [-0.2, 0) is 11.3 Å². The fourth-order valence-corrected chi connectivity index (χ4v) is 3.27. The van der Waals surface area contributed by atoms with Crippen LogP contribution in [0, 0.1) is 0 Å². The van der Waals surface area contributed by atoms with Gasteiger partial charge in [-0.25, -0.2) is 4.68 Å². The minimum Gasteiger partial charge on any atom is -0.349 e. The van der Waals surface area contributed by atoms with Crippen LogP contribution >= 0.6 is 11.3 Å². The number of amides is 1. The molecule has 0 aliphatic rings. The van der Waals surface area contributed by atoms with Crippen LogP contribution in [-0.4, -0.2) is 15.7 Å². The van der Waals surface area contributed by atoms with Crippen molar-refractivity contribution in [2.24, 2.45) is 0 Å². The zero-order valence-electron chi connectivity index (χ0n) is 13.1. The first-order valence-electron chi connectivity index (χ1n) is 7.61. The standard InChI is InChI=1S/C17H17N3O3S/c1-11(14-7-4-10-24-14)18-15(21)8-9-20-17(23)13-6-3-2-5-12(13)16(22)19-20/h2-7,10-11H,8-9H2,1H3,(H,18,21)(H,19,22)/t11-/m1/s1. The largest absolute Gasteiger partial charge is 0.349 e. The van der Waals surface area contributed by atoms with E-state index < -0.39 is 0 Å². The zero-order valence-corrected chi connectivity index (χ0v) is 13.9. The summed E-state index contributed by atoms with van der Waals surface area (Å²) in [4.78, 5) is 37.5. The zero-order chi connectivity index (χ0) is 17.1. The van der Waals surface area contributed by atoms with Gasteiger partial charge in [0.1, 0.15) is 0 Å². The Hall–Kier alpha value is -2.67. The second-order valence-electron chi connectivity index (χ2n) is 5.50. The minimum absolute atomic E-state index is 0.0788. The molecule has 0 saturated carbocycles. The molecule has 1 aromatic carbocycles. The van der Waals surface area contributed by atoms with E-state index in [1.54, 1.807) is 35.6 Å². The van der Waals surface area contributed by atoms with Gasteiger partial charge in [0.25, 0.3) is 11.1 Å². The molecule has 2 heterocycles. The fourth-order valence-electron chi connectivity index (χ4n) is 2.54. The maximum Gasteiger partial charge on any atom is 0.273 e. The highest BCUT2D eigenvalue weighted by atomic mass is 32.1. The third-order valence-corrected chi connectivity index (χ3v) is 4.85. The molecule has 2 N–H and O–H groups in total. The molecule has 0 aliphatic heterocycles. The summed E-state index contributed by atoms with van der Waals surface area (Å²) in [5, 5.41) is 8.08. The normalized spacial score (nSPS) is 12.2. The van der Waals surface area contributed by atoms with Gasteiger partial charge < -0.3 is 5.32 Å². The smallest absolute Gasteiger partial charge is 0.273 e. The Labute approximate surface area is 141 Å². The number of aryl methyl sites for hydroxylation is 1. The van der Waals surface area contributed by atoms with Crippen LogP contribution in [0.25, 0.3) is 10.8 Å². The first-order chi connectivity index (χ1) is 11.6. The molecule has 124 valence electrons. The summed E-state index contributed by atoms with van der Waals surface area (Å²) in [6.07, 6.45) is 0.115. The number of fused-ring (bicyclic) bond motifs is 1. The quantitative estimate of drug-likeness (QED) is 0.743. The number of nitrogens with one attached hydrogen (secondary N) is 2. The number of hydrogen-bond donors (Lipinski definition) is 2. The van der Waals surface area contributed by atoms with Crippen molar-refractivity contribution < 1.29 is 4.79 Å². The monoisotopic (exact) mass is 343 g/mol. The molecule has 6 nitrogen and oxygen atoms in total. The SMILES string of the molecule is C[C@@H](NC(=O)CCn1[nH]c(=O)c2ccccc2c1=O)c1cccs1. The molecule has 0 unspecified atom stereocenters. The lowest BCUT2D eigenvalue weighted by Gasteiger charge is -2.12. The van der Waals surface area contributed by atoms with Gasteiger partial charge in [-0.1, -0.05) is 18.2 Å². The van der Waals surface area contributed by atoms with Gasteiger partial charge in [-0.15, -0.1) is 11.3 Å². The maximum absolute atomic E-state index is 12.4. The highest BCUT2D eigenvalue weighted by molar-refractivity contribution is 7.10. The number of hydrogen-bond acceptors (Lipinski definition) is 4. The van der Waals surface area contributed by atoms with E-state index in [1.807, 2.05) is 24.4 Å². The Bertz CT molecular complexity index is 973. The first kappa shape index (κ1) is 16.2. The van der Waals surface area contributed by atoms with Gasteiger partial charge in [0, 0.05) is 11.3 Å². The molecular weight excluding hydrogens is 326 g/mol. The first-order valence-corrected chi connectivity index (χ1v) is 8.49. The molecule has 0 radical (unpaired) electrons. The van der Waals surface area contributed by atoms with Crippen molar-refractivity contribution in [3.8, 4) is 0 Å². The van der Waals surface area contributed by atoms with E-state index >= 15 is 0 Å². The molecular formula is C17H17N3O3S. The Morgan fingerprint density at radius 3 is 2.67 bits per heavy atom. The van der Waals surface area contributed by atoms with Crippen molar-refractivity contribution >= 4 is 28.0 Å². The van der Waals surface area contributed by atoms with Gasteiger partial charge in [0.2, 0.25) is 5.91 Å². The van der Waals surface area contributed by atoms with E-state index in [2.05, 4.69) is 10.4 Å². The van der Waals surface area contributed by atoms with E-state index in [4.69, 9.17) is 0 Å². The molecule has 24 heavy (non-hydrogen) atoms. The summed E-state index contributed by atoms with van der Waals surface area (Å²) in [5.74, 6) is -0.170. The lowest BCUT2D eigenvalue weighted by molar-refractivity contribution is -0.122. The topological polar surface area (TPSA) is 84.0 Å². The van der Waals surface area contributed by atoms with Crippen molar-refractivity contribution in [3.63, 3.8) is 0 Å².